The molecule has 0 atom stereocenters. The SMILES string of the molecule is CCCN(Cc1nnc(-c2cccs2)o1)CC(C)(C)CN. The van der Waals surface area contributed by atoms with Gasteiger partial charge in [0.2, 0.25) is 5.89 Å². The number of aromatic nitrogens is 2. The summed E-state index contributed by atoms with van der Waals surface area (Å²) < 4.78 is 5.77. The number of nitrogens with zero attached hydrogens (tertiary/aromatic N) is 3. The van der Waals surface area contributed by atoms with Crippen LogP contribution in [-0.4, -0.2) is 34.7 Å². The molecule has 0 aliphatic rings. The van der Waals surface area contributed by atoms with Crippen LogP contribution in [0.2, 0.25) is 0 Å². The van der Waals surface area contributed by atoms with Gasteiger partial charge in [-0.3, -0.25) is 4.90 Å². The molecule has 0 amide bonds. The predicted molar refractivity (Wildman–Crippen MR) is 86.0 cm³/mol. The first-order valence-electron chi connectivity index (χ1n) is 7.33. The van der Waals surface area contributed by atoms with Gasteiger partial charge >= 0.3 is 0 Å². The van der Waals surface area contributed by atoms with Crippen molar-refractivity contribution in [2.45, 2.75) is 33.7 Å². The zero-order valence-corrected chi connectivity index (χ0v) is 13.8. The van der Waals surface area contributed by atoms with Crippen LogP contribution in [0.5, 0.6) is 0 Å². The van der Waals surface area contributed by atoms with Crippen LogP contribution in [0.25, 0.3) is 10.8 Å². The fraction of sp³-hybridized carbons (Fsp3) is 0.600. The quantitative estimate of drug-likeness (QED) is 0.812. The Hall–Kier alpha value is -1.24. The second kappa shape index (κ2) is 7.15. The molecule has 0 saturated heterocycles. The van der Waals surface area contributed by atoms with Crippen molar-refractivity contribution in [3.8, 4) is 10.8 Å². The van der Waals surface area contributed by atoms with Gasteiger partial charge in [-0.15, -0.1) is 21.5 Å². The highest BCUT2D eigenvalue weighted by atomic mass is 32.1. The van der Waals surface area contributed by atoms with E-state index >= 15 is 0 Å². The van der Waals surface area contributed by atoms with Crippen LogP contribution in [0.15, 0.2) is 21.9 Å². The minimum Gasteiger partial charge on any atom is -0.419 e. The normalized spacial score (nSPS) is 12.2. The monoisotopic (exact) mass is 308 g/mol. The Morgan fingerprint density at radius 1 is 1.38 bits per heavy atom. The Labute approximate surface area is 130 Å². The van der Waals surface area contributed by atoms with Crippen LogP contribution in [0.1, 0.15) is 33.1 Å². The average molecular weight is 308 g/mol. The Bertz CT molecular complexity index is 536. The molecular formula is C15H24N4OS. The van der Waals surface area contributed by atoms with Crippen LogP contribution in [0, 0.1) is 5.41 Å². The molecule has 2 aromatic rings. The van der Waals surface area contributed by atoms with E-state index in [1.807, 2.05) is 17.5 Å². The fourth-order valence-electron chi connectivity index (χ4n) is 2.21. The first-order chi connectivity index (χ1) is 10.0. The molecule has 0 bridgehead atoms. The molecule has 2 N–H and O–H groups in total. The van der Waals surface area contributed by atoms with E-state index in [0.717, 1.165) is 24.4 Å². The summed E-state index contributed by atoms with van der Waals surface area (Å²) >= 11 is 1.61. The van der Waals surface area contributed by atoms with Gasteiger partial charge in [-0.1, -0.05) is 26.8 Å². The fourth-order valence-corrected chi connectivity index (χ4v) is 2.85. The van der Waals surface area contributed by atoms with E-state index in [2.05, 4.69) is 35.9 Å². The van der Waals surface area contributed by atoms with Crippen molar-refractivity contribution >= 4 is 11.3 Å². The summed E-state index contributed by atoms with van der Waals surface area (Å²) in [6.45, 7) is 9.80. The van der Waals surface area contributed by atoms with Crippen LogP contribution in [0.3, 0.4) is 0 Å². The Morgan fingerprint density at radius 3 is 2.81 bits per heavy atom. The van der Waals surface area contributed by atoms with E-state index in [1.165, 1.54) is 0 Å². The number of thiophene rings is 1. The molecule has 2 heterocycles. The van der Waals surface area contributed by atoms with Crippen molar-refractivity contribution in [2.75, 3.05) is 19.6 Å². The lowest BCUT2D eigenvalue weighted by Gasteiger charge is -2.30. The number of rotatable bonds is 8. The molecule has 21 heavy (non-hydrogen) atoms. The highest BCUT2D eigenvalue weighted by molar-refractivity contribution is 7.13. The van der Waals surface area contributed by atoms with Gasteiger partial charge in [-0.05, 0) is 36.4 Å². The maximum atomic E-state index is 5.84. The topological polar surface area (TPSA) is 68.2 Å². The predicted octanol–water partition coefficient (Wildman–Crippen LogP) is 3.00. The molecule has 0 aliphatic carbocycles. The van der Waals surface area contributed by atoms with Crippen molar-refractivity contribution in [3.05, 3.63) is 23.4 Å². The zero-order valence-electron chi connectivity index (χ0n) is 13.0. The third-order valence-electron chi connectivity index (χ3n) is 3.30. The summed E-state index contributed by atoms with van der Waals surface area (Å²) in [5, 5.41) is 10.3. The standard InChI is InChI=1S/C15H24N4OS/c1-4-7-19(11-15(2,3)10-16)9-13-17-18-14(20-13)12-6-5-8-21-12/h5-6,8H,4,7,9-11,16H2,1-3H3. The van der Waals surface area contributed by atoms with Crippen molar-refractivity contribution in [1.29, 1.82) is 0 Å². The minimum absolute atomic E-state index is 0.0891. The van der Waals surface area contributed by atoms with E-state index in [0.29, 0.717) is 24.9 Å². The molecule has 0 aliphatic heterocycles. The van der Waals surface area contributed by atoms with Crippen molar-refractivity contribution in [3.63, 3.8) is 0 Å². The molecule has 0 saturated carbocycles. The number of hydrogen-bond acceptors (Lipinski definition) is 6. The maximum Gasteiger partial charge on any atom is 0.257 e. The molecule has 2 aromatic heterocycles. The van der Waals surface area contributed by atoms with Crippen molar-refractivity contribution in [2.24, 2.45) is 11.1 Å². The van der Waals surface area contributed by atoms with Gasteiger partial charge in [-0.25, -0.2) is 0 Å². The molecule has 6 heteroatoms. The van der Waals surface area contributed by atoms with Crippen molar-refractivity contribution < 1.29 is 4.42 Å². The van der Waals surface area contributed by atoms with Gasteiger partial charge in [0.25, 0.3) is 5.89 Å². The molecule has 0 spiro atoms. The smallest absolute Gasteiger partial charge is 0.257 e. The molecule has 0 unspecified atom stereocenters. The summed E-state index contributed by atoms with van der Waals surface area (Å²) in [6.07, 6.45) is 1.09. The van der Waals surface area contributed by atoms with Crippen LogP contribution in [-0.2, 0) is 6.54 Å². The summed E-state index contributed by atoms with van der Waals surface area (Å²) in [5.74, 6) is 1.27. The van der Waals surface area contributed by atoms with Crippen LogP contribution < -0.4 is 5.73 Å². The third kappa shape index (κ3) is 4.62. The van der Waals surface area contributed by atoms with E-state index in [9.17, 15) is 0 Å². The molecule has 0 radical (unpaired) electrons. The maximum absolute atomic E-state index is 5.84. The number of hydrogen-bond donors (Lipinski definition) is 1. The molecule has 0 aromatic carbocycles. The van der Waals surface area contributed by atoms with Gasteiger partial charge in [-0.2, -0.15) is 0 Å². The second-order valence-electron chi connectivity index (χ2n) is 6.06. The van der Waals surface area contributed by atoms with E-state index < -0.39 is 0 Å². The van der Waals surface area contributed by atoms with E-state index in [4.69, 9.17) is 10.2 Å². The first kappa shape index (κ1) is 16.1. The first-order valence-corrected chi connectivity index (χ1v) is 8.20. The number of nitrogens with two attached hydrogens (primary N) is 1. The van der Waals surface area contributed by atoms with Crippen LogP contribution >= 0.6 is 11.3 Å². The highest BCUT2D eigenvalue weighted by Crippen LogP contribution is 2.24. The lowest BCUT2D eigenvalue weighted by molar-refractivity contribution is 0.163. The Kier molecular flexibility index (Phi) is 5.50. The Balaban J connectivity index is 2.03. The molecule has 0 fully saturated rings. The third-order valence-corrected chi connectivity index (χ3v) is 4.16. The Morgan fingerprint density at radius 2 is 2.19 bits per heavy atom. The summed E-state index contributed by atoms with van der Waals surface area (Å²) in [6, 6.07) is 3.97. The van der Waals surface area contributed by atoms with Crippen LogP contribution in [0.4, 0.5) is 0 Å². The minimum atomic E-state index is 0.0891. The highest BCUT2D eigenvalue weighted by Gasteiger charge is 2.21. The van der Waals surface area contributed by atoms with Gasteiger partial charge in [0.15, 0.2) is 0 Å². The van der Waals surface area contributed by atoms with Crippen molar-refractivity contribution in [1.82, 2.24) is 15.1 Å². The van der Waals surface area contributed by atoms with Gasteiger partial charge in [0.1, 0.15) is 0 Å². The van der Waals surface area contributed by atoms with E-state index in [1.54, 1.807) is 11.3 Å². The van der Waals surface area contributed by atoms with Gasteiger partial charge in [0.05, 0.1) is 11.4 Å². The summed E-state index contributed by atoms with van der Waals surface area (Å²) in [5.41, 5.74) is 5.92. The lowest BCUT2D eigenvalue weighted by Crippen LogP contribution is -2.38. The molecule has 2 rings (SSSR count). The largest absolute Gasteiger partial charge is 0.419 e. The lowest BCUT2D eigenvalue weighted by atomic mass is 9.93. The van der Waals surface area contributed by atoms with E-state index in [-0.39, 0.29) is 5.41 Å². The molecular weight excluding hydrogens is 284 g/mol. The average Bonchev–Trinajstić information content (AvgIpc) is 3.08. The van der Waals surface area contributed by atoms with Gasteiger partial charge in [0, 0.05) is 6.54 Å². The second-order valence-corrected chi connectivity index (χ2v) is 7.00. The summed E-state index contributed by atoms with van der Waals surface area (Å²) in [4.78, 5) is 3.34. The summed E-state index contributed by atoms with van der Waals surface area (Å²) in [7, 11) is 0. The molecule has 5 nitrogen and oxygen atoms in total. The molecule has 116 valence electrons. The van der Waals surface area contributed by atoms with Gasteiger partial charge < -0.3 is 10.2 Å². The zero-order chi connectivity index (χ0) is 15.3.